The van der Waals surface area contributed by atoms with Gasteiger partial charge in [0, 0.05) is 5.56 Å². The van der Waals surface area contributed by atoms with Crippen LogP contribution >= 0.6 is 0 Å². The van der Waals surface area contributed by atoms with Gasteiger partial charge in [-0.2, -0.15) is 4.39 Å². The lowest BCUT2D eigenvalue weighted by molar-refractivity contribution is 0.585. The molecule has 0 atom stereocenters. The maximum atomic E-state index is 12.8. The Morgan fingerprint density at radius 3 is 2.57 bits per heavy atom. The minimum atomic E-state index is -0.441. The van der Waals surface area contributed by atoms with Crippen molar-refractivity contribution in [3.8, 4) is 11.3 Å². The molecule has 0 aliphatic carbocycles. The number of halogens is 1. The highest BCUT2D eigenvalue weighted by Crippen LogP contribution is 2.17. The summed E-state index contributed by atoms with van der Waals surface area (Å²) in [6, 6.07) is 12.7. The third kappa shape index (κ3) is 1.79. The second kappa shape index (κ2) is 3.58. The number of hydrogen-bond acceptors (Lipinski definition) is 1. The SMILES string of the molecule is Cc1cccc(-c2cccc(F)n2)c1. The highest BCUT2D eigenvalue weighted by Gasteiger charge is 1.99. The van der Waals surface area contributed by atoms with Crippen molar-refractivity contribution < 1.29 is 4.39 Å². The Labute approximate surface area is 82.2 Å². The third-order valence-electron chi connectivity index (χ3n) is 2.03. The van der Waals surface area contributed by atoms with Gasteiger partial charge in [0.05, 0.1) is 5.69 Å². The maximum absolute atomic E-state index is 12.8. The number of hydrogen-bond donors (Lipinski definition) is 0. The monoisotopic (exact) mass is 187 g/mol. The summed E-state index contributed by atoms with van der Waals surface area (Å²) < 4.78 is 12.8. The minimum absolute atomic E-state index is 0.441. The molecule has 0 saturated carbocycles. The van der Waals surface area contributed by atoms with Crippen LogP contribution in [0.2, 0.25) is 0 Å². The van der Waals surface area contributed by atoms with E-state index in [1.54, 1.807) is 12.1 Å². The zero-order valence-electron chi connectivity index (χ0n) is 7.87. The second-order valence-electron chi connectivity index (χ2n) is 3.22. The normalized spacial score (nSPS) is 10.1. The first-order valence-electron chi connectivity index (χ1n) is 4.45. The van der Waals surface area contributed by atoms with Gasteiger partial charge in [0.2, 0.25) is 5.95 Å². The molecule has 0 fully saturated rings. The molecular weight excluding hydrogens is 177 g/mol. The minimum Gasteiger partial charge on any atom is -0.220 e. The molecule has 0 N–H and O–H groups in total. The van der Waals surface area contributed by atoms with E-state index in [0.717, 1.165) is 11.1 Å². The lowest BCUT2D eigenvalue weighted by Crippen LogP contribution is -1.86. The van der Waals surface area contributed by atoms with Crippen LogP contribution < -0.4 is 0 Å². The summed E-state index contributed by atoms with van der Waals surface area (Å²) in [5.74, 6) is -0.441. The number of aryl methyl sites for hydroxylation is 1. The molecule has 0 saturated heterocycles. The van der Waals surface area contributed by atoms with Crippen molar-refractivity contribution in [1.82, 2.24) is 4.98 Å². The van der Waals surface area contributed by atoms with E-state index in [1.165, 1.54) is 6.07 Å². The van der Waals surface area contributed by atoms with Crippen molar-refractivity contribution in [2.24, 2.45) is 0 Å². The molecule has 1 heterocycles. The molecule has 0 spiro atoms. The van der Waals surface area contributed by atoms with Gasteiger partial charge in [-0.1, -0.05) is 29.8 Å². The number of pyridine rings is 1. The number of rotatable bonds is 1. The first kappa shape index (κ1) is 8.88. The first-order valence-corrected chi connectivity index (χ1v) is 4.45. The van der Waals surface area contributed by atoms with E-state index in [2.05, 4.69) is 4.98 Å². The van der Waals surface area contributed by atoms with Crippen LogP contribution in [0.3, 0.4) is 0 Å². The summed E-state index contributed by atoms with van der Waals surface area (Å²) in [4.78, 5) is 3.82. The lowest BCUT2D eigenvalue weighted by atomic mass is 10.1. The van der Waals surface area contributed by atoms with E-state index in [1.807, 2.05) is 31.2 Å². The van der Waals surface area contributed by atoms with E-state index < -0.39 is 5.95 Å². The number of aromatic nitrogens is 1. The summed E-state index contributed by atoms with van der Waals surface area (Å²) >= 11 is 0. The Bertz CT molecular complexity index is 408. The van der Waals surface area contributed by atoms with E-state index in [9.17, 15) is 4.39 Å². The van der Waals surface area contributed by atoms with Crippen LogP contribution in [0.15, 0.2) is 42.5 Å². The highest BCUT2D eigenvalue weighted by atomic mass is 19.1. The molecule has 2 aromatic rings. The lowest BCUT2D eigenvalue weighted by Gasteiger charge is -2.01. The van der Waals surface area contributed by atoms with Crippen molar-refractivity contribution >= 4 is 0 Å². The first-order chi connectivity index (χ1) is 6.75. The van der Waals surface area contributed by atoms with Crippen molar-refractivity contribution in [1.29, 1.82) is 0 Å². The van der Waals surface area contributed by atoms with Gasteiger partial charge in [-0.15, -0.1) is 0 Å². The average molecular weight is 187 g/mol. The molecule has 14 heavy (non-hydrogen) atoms. The quantitative estimate of drug-likeness (QED) is 0.625. The van der Waals surface area contributed by atoms with Crippen LogP contribution in [0, 0.1) is 12.9 Å². The summed E-state index contributed by atoms with van der Waals surface area (Å²) in [6.07, 6.45) is 0. The van der Waals surface area contributed by atoms with Crippen molar-refractivity contribution in [3.05, 3.63) is 54.0 Å². The molecule has 0 aliphatic rings. The number of nitrogens with zero attached hydrogens (tertiary/aromatic N) is 1. The van der Waals surface area contributed by atoms with E-state index in [-0.39, 0.29) is 0 Å². The zero-order valence-corrected chi connectivity index (χ0v) is 7.87. The molecule has 70 valence electrons. The van der Waals surface area contributed by atoms with Gasteiger partial charge in [0.25, 0.3) is 0 Å². The predicted molar refractivity (Wildman–Crippen MR) is 54.4 cm³/mol. The summed E-state index contributed by atoms with van der Waals surface area (Å²) in [5.41, 5.74) is 2.77. The van der Waals surface area contributed by atoms with Gasteiger partial charge >= 0.3 is 0 Å². The van der Waals surface area contributed by atoms with Crippen LogP contribution in [0.5, 0.6) is 0 Å². The van der Waals surface area contributed by atoms with Crippen LogP contribution in [0.1, 0.15) is 5.56 Å². The summed E-state index contributed by atoms with van der Waals surface area (Å²) in [7, 11) is 0. The standard InChI is InChI=1S/C12H10FN/c1-9-4-2-5-10(8-9)11-6-3-7-12(13)14-11/h2-8H,1H3. The largest absolute Gasteiger partial charge is 0.220 e. The predicted octanol–water partition coefficient (Wildman–Crippen LogP) is 3.20. The Morgan fingerprint density at radius 1 is 1.07 bits per heavy atom. The van der Waals surface area contributed by atoms with Gasteiger partial charge in [-0.25, -0.2) is 4.98 Å². The van der Waals surface area contributed by atoms with Gasteiger partial charge in [-0.05, 0) is 25.1 Å². The van der Waals surface area contributed by atoms with Crippen molar-refractivity contribution in [3.63, 3.8) is 0 Å². The van der Waals surface area contributed by atoms with Crippen LogP contribution in [0.25, 0.3) is 11.3 Å². The van der Waals surface area contributed by atoms with Crippen LogP contribution in [0.4, 0.5) is 4.39 Å². The van der Waals surface area contributed by atoms with Crippen molar-refractivity contribution in [2.75, 3.05) is 0 Å². The van der Waals surface area contributed by atoms with E-state index in [0.29, 0.717) is 5.69 Å². The molecule has 2 rings (SSSR count). The fraction of sp³-hybridized carbons (Fsp3) is 0.0833. The molecule has 0 radical (unpaired) electrons. The fourth-order valence-electron chi connectivity index (χ4n) is 1.37. The zero-order chi connectivity index (χ0) is 9.97. The molecular formula is C12H10FN. The van der Waals surface area contributed by atoms with E-state index >= 15 is 0 Å². The third-order valence-corrected chi connectivity index (χ3v) is 2.03. The summed E-state index contributed by atoms with van der Waals surface area (Å²) in [5, 5.41) is 0. The van der Waals surface area contributed by atoms with Gasteiger partial charge in [-0.3, -0.25) is 0 Å². The number of benzene rings is 1. The molecule has 0 amide bonds. The molecule has 0 aliphatic heterocycles. The Morgan fingerprint density at radius 2 is 1.86 bits per heavy atom. The van der Waals surface area contributed by atoms with Gasteiger partial charge < -0.3 is 0 Å². The topological polar surface area (TPSA) is 12.9 Å². The molecule has 1 nitrogen and oxygen atoms in total. The molecule has 1 aromatic heterocycles. The summed E-state index contributed by atoms with van der Waals surface area (Å²) in [6.45, 7) is 2.00. The molecule has 2 heteroatoms. The Balaban J connectivity index is 2.49. The van der Waals surface area contributed by atoms with Gasteiger partial charge in [0.1, 0.15) is 0 Å². The fourth-order valence-corrected chi connectivity index (χ4v) is 1.37. The Hall–Kier alpha value is -1.70. The van der Waals surface area contributed by atoms with Crippen LogP contribution in [-0.4, -0.2) is 4.98 Å². The smallest absolute Gasteiger partial charge is 0.213 e. The second-order valence-corrected chi connectivity index (χ2v) is 3.22. The average Bonchev–Trinajstić information content (AvgIpc) is 2.18. The van der Waals surface area contributed by atoms with Crippen LogP contribution in [-0.2, 0) is 0 Å². The molecule has 1 aromatic carbocycles. The maximum Gasteiger partial charge on any atom is 0.213 e. The highest BCUT2D eigenvalue weighted by molar-refractivity contribution is 5.59. The molecule has 0 unspecified atom stereocenters. The van der Waals surface area contributed by atoms with Crippen molar-refractivity contribution in [2.45, 2.75) is 6.92 Å². The Kier molecular flexibility index (Phi) is 2.27. The molecule has 0 bridgehead atoms. The van der Waals surface area contributed by atoms with E-state index in [4.69, 9.17) is 0 Å². The van der Waals surface area contributed by atoms with Gasteiger partial charge in [0.15, 0.2) is 0 Å².